The summed E-state index contributed by atoms with van der Waals surface area (Å²) in [7, 11) is 2.02. The molecule has 0 radical (unpaired) electrons. The molecule has 2 N–H and O–H groups in total. The average Bonchev–Trinajstić information content (AvgIpc) is 2.62. The monoisotopic (exact) mass is 268 g/mol. The van der Waals surface area contributed by atoms with Crippen molar-refractivity contribution in [2.75, 3.05) is 12.4 Å². The van der Waals surface area contributed by atoms with E-state index in [4.69, 9.17) is 0 Å². The van der Waals surface area contributed by atoms with E-state index in [0.29, 0.717) is 12.1 Å². The van der Waals surface area contributed by atoms with Gasteiger partial charge in [-0.2, -0.15) is 0 Å². The Morgan fingerprint density at radius 2 is 2.40 bits per heavy atom. The highest BCUT2D eigenvalue weighted by atomic mass is 79.9. The lowest BCUT2D eigenvalue weighted by atomic mass is 10.0. The molecule has 0 saturated carbocycles. The van der Waals surface area contributed by atoms with Gasteiger partial charge in [-0.15, -0.1) is 0 Å². The van der Waals surface area contributed by atoms with Crippen LogP contribution in [0.4, 0.5) is 5.69 Å². The molecule has 1 heterocycles. The lowest BCUT2D eigenvalue weighted by Gasteiger charge is -2.16. The molecule has 2 atom stereocenters. The molecule has 1 aromatic rings. The summed E-state index contributed by atoms with van der Waals surface area (Å²) in [5, 5.41) is 6.85. The van der Waals surface area contributed by atoms with E-state index in [2.05, 4.69) is 51.7 Å². The molecule has 1 aliphatic heterocycles. The third-order valence-corrected chi connectivity index (χ3v) is 3.80. The van der Waals surface area contributed by atoms with Gasteiger partial charge in [0.2, 0.25) is 0 Å². The summed E-state index contributed by atoms with van der Waals surface area (Å²) < 4.78 is 1.23. The number of hydrogen-bond donors (Lipinski definition) is 2. The van der Waals surface area contributed by atoms with Crippen LogP contribution in [0.5, 0.6) is 0 Å². The van der Waals surface area contributed by atoms with Crippen molar-refractivity contribution in [3.8, 4) is 0 Å². The van der Waals surface area contributed by atoms with Crippen molar-refractivity contribution < 1.29 is 0 Å². The molecule has 1 aliphatic rings. The third kappa shape index (κ3) is 2.34. The standard InChI is InChI=1S/C12H17BrN2/c1-8(14-2)6-9-7-10-11(13)4-3-5-12(10)15-9/h3-5,8-9,14-15H,6-7H2,1-2H3. The zero-order chi connectivity index (χ0) is 10.8. The summed E-state index contributed by atoms with van der Waals surface area (Å²) in [4.78, 5) is 0. The number of fused-ring (bicyclic) bond motifs is 1. The third-order valence-electron chi connectivity index (χ3n) is 3.06. The fourth-order valence-corrected chi connectivity index (χ4v) is 2.63. The lowest BCUT2D eigenvalue weighted by molar-refractivity contribution is 0.518. The highest BCUT2D eigenvalue weighted by Crippen LogP contribution is 2.33. The Hall–Kier alpha value is -0.540. The van der Waals surface area contributed by atoms with Crippen LogP contribution in [-0.2, 0) is 6.42 Å². The van der Waals surface area contributed by atoms with Crippen molar-refractivity contribution in [1.82, 2.24) is 5.32 Å². The average molecular weight is 269 g/mol. The molecule has 15 heavy (non-hydrogen) atoms. The molecule has 2 rings (SSSR count). The zero-order valence-electron chi connectivity index (χ0n) is 9.18. The summed E-state index contributed by atoms with van der Waals surface area (Å²) in [6, 6.07) is 7.49. The summed E-state index contributed by atoms with van der Waals surface area (Å²) >= 11 is 3.60. The normalized spacial score (nSPS) is 20.9. The molecule has 0 saturated heterocycles. The Morgan fingerprint density at radius 1 is 1.60 bits per heavy atom. The van der Waals surface area contributed by atoms with Gasteiger partial charge < -0.3 is 10.6 Å². The van der Waals surface area contributed by atoms with E-state index >= 15 is 0 Å². The highest BCUT2D eigenvalue weighted by molar-refractivity contribution is 9.10. The number of hydrogen-bond acceptors (Lipinski definition) is 2. The molecule has 0 fully saturated rings. The topological polar surface area (TPSA) is 24.1 Å². The van der Waals surface area contributed by atoms with Gasteiger partial charge in [0.1, 0.15) is 0 Å². The first-order valence-electron chi connectivity index (χ1n) is 5.42. The smallest absolute Gasteiger partial charge is 0.0387 e. The van der Waals surface area contributed by atoms with Crippen LogP contribution in [-0.4, -0.2) is 19.1 Å². The number of benzene rings is 1. The van der Waals surface area contributed by atoms with Crippen LogP contribution in [0.25, 0.3) is 0 Å². The van der Waals surface area contributed by atoms with Gasteiger partial charge in [-0.3, -0.25) is 0 Å². The van der Waals surface area contributed by atoms with E-state index in [1.807, 2.05) is 7.05 Å². The molecule has 2 nitrogen and oxygen atoms in total. The van der Waals surface area contributed by atoms with E-state index in [1.165, 1.54) is 15.7 Å². The Kier molecular flexibility index (Phi) is 3.32. The van der Waals surface area contributed by atoms with Crippen molar-refractivity contribution in [3.05, 3.63) is 28.2 Å². The van der Waals surface area contributed by atoms with E-state index in [1.54, 1.807) is 0 Å². The van der Waals surface area contributed by atoms with Crippen LogP contribution in [0, 0.1) is 0 Å². The summed E-state index contributed by atoms with van der Waals surface area (Å²) in [5.41, 5.74) is 2.71. The molecule has 82 valence electrons. The van der Waals surface area contributed by atoms with Crippen LogP contribution in [0.1, 0.15) is 18.9 Å². The molecular weight excluding hydrogens is 252 g/mol. The van der Waals surface area contributed by atoms with Gasteiger partial charge in [0.05, 0.1) is 0 Å². The largest absolute Gasteiger partial charge is 0.382 e. The van der Waals surface area contributed by atoms with Crippen molar-refractivity contribution >= 4 is 21.6 Å². The summed E-state index contributed by atoms with van der Waals surface area (Å²) in [5.74, 6) is 0. The quantitative estimate of drug-likeness (QED) is 0.881. The molecule has 3 heteroatoms. The van der Waals surface area contributed by atoms with Crippen molar-refractivity contribution in [2.45, 2.75) is 31.8 Å². The van der Waals surface area contributed by atoms with E-state index in [9.17, 15) is 0 Å². The first-order chi connectivity index (χ1) is 7.20. The van der Waals surface area contributed by atoms with Crippen LogP contribution in [0.2, 0.25) is 0 Å². The molecule has 1 aromatic carbocycles. The minimum Gasteiger partial charge on any atom is -0.382 e. The van der Waals surface area contributed by atoms with Crippen LogP contribution in [0.3, 0.4) is 0 Å². The van der Waals surface area contributed by atoms with Gasteiger partial charge in [0.25, 0.3) is 0 Å². The number of anilines is 1. The van der Waals surface area contributed by atoms with Gasteiger partial charge in [0, 0.05) is 22.2 Å². The molecule has 0 bridgehead atoms. The Labute approximate surface area is 99.6 Å². The first kappa shape index (κ1) is 11.0. The van der Waals surface area contributed by atoms with E-state index in [0.717, 1.165) is 12.8 Å². The van der Waals surface area contributed by atoms with Crippen LogP contribution in [0.15, 0.2) is 22.7 Å². The summed E-state index contributed by atoms with van der Waals surface area (Å²) in [6.07, 6.45) is 2.29. The molecule has 0 amide bonds. The molecule has 0 aromatic heterocycles. The SMILES string of the molecule is CNC(C)CC1Cc2c(Br)cccc2N1. The van der Waals surface area contributed by atoms with E-state index < -0.39 is 0 Å². The predicted octanol–water partition coefficient (Wildman–Crippen LogP) is 2.78. The maximum absolute atomic E-state index is 3.60. The van der Waals surface area contributed by atoms with Gasteiger partial charge in [-0.25, -0.2) is 0 Å². The molecule has 0 spiro atoms. The fourth-order valence-electron chi connectivity index (χ4n) is 2.11. The van der Waals surface area contributed by atoms with Crippen LogP contribution < -0.4 is 10.6 Å². The van der Waals surface area contributed by atoms with Crippen molar-refractivity contribution in [1.29, 1.82) is 0 Å². The highest BCUT2D eigenvalue weighted by Gasteiger charge is 2.23. The van der Waals surface area contributed by atoms with Gasteiger partial charge in [0.15, 0.2) is 0 Å². The fraction of sp³-hybridized carbons (Fsp3) is 0.500. The predicted molar refractivity (Wildman–Crippen MR) is 68.4 cm³/mol. The summed E-state index contributed by atoms with van der Waals surface area (Å²) in [6.45, 7) is 2.22. The molecular formula is C12H17BrN2. The Balaban J connectivity index is 2.06. The number of rotatable bonds is 3. The molecule has 2 unspecified atom stereocenters. The Bertz CT molecular complexity index is 351. The number of nitrogens with one attached hydrogen (secondary N) is 2. The van der Waals surface area contributed by atoms with Crippen molar-refractivity contribution in [3.63, 3.8) is 0 Å². The zero-order valence-corrected chi connectivity index (χ0v) is 10.8. The minimum absolute atomic E-state index is 0.565. The van der Waals surface area contributed by atoms with Gasteiger partial charge in [-0.1, -0.05) is 22.0 Å². The van der Waals surface area contributed by atoms with Crippen LogP contribution >= 0.6 is 15.9 Å². The number of halogens is 1. The second-order valence-corrected chi connectivity index (χ2v) is 5.09. The van der Waals surface area contributed by atoms with E-state index in [-0.39, 0.29) is 0 Å². The van der Waals surface area contributed by atoms with Gasteiger partial charge in [-0.05, 0) is 44.5 Å². The van der Waals surface area contributed by atoms with Gasteiger partial charge >= 0.3 is 0 Å². The minimum atomic E-state index is 0.565. The lowest BCUT2D eigenvalue weighted by Crippen LogP contribution is -2.29. The van der Waals surface area contributed by atoms with Crippen molar-refractivity contribution in [2.24, 2.45) is 0 Å². The second-order valence-electron chi connectivity index (χ2n) is 4.24. The maximum Gasteiger partial charge on any atom is 0.0387 e. The maximum atomic E-state index is 3.60. The first-order valence-corrected chi connectivity index (χ1v) is 6.21. The Morgan fingerprint density at radius 3 is 3.07 bits per heavy atom. The molecule has 0 aliphatic carbocycles. The second kappa shape index (κ2) is 4.54.